The third-order valence-electron chi connectivity index (χ3n) is 1.79. The molecule has 0 radical (unpaired) electrons. The maximum atomic E-state index is 11.6. The zero-order valence-corrected chi connectivity index (χ0v) is 8.73. The lowest BCUT2D eigenvalue weighted by Gasteiger charge is -2.26. The summed E-state index contributed by atoms with van der Waals surface area (Å²) in [5, 5.41) is -0.102. The minimum atomic E-state index is -2.54. The second-order valence-electron chi connectivity index (χ2n) is 3.26. The molecule has 0 aliphatic carbocycles. The topological polar surface area (TPSA) is 44.2 Å². The van der Waals surface area contributed by atoms with Crippen LogP contribution < -0.4 is 0 Å². The van der Waals surface area contributed by atoms with Gasteiger partial charge < -0.3 is 0 Å². The van der Waals surface area contributed by atoms with Gasteiger partial charge in [-0.15, -0.1) is 0 Å². The van der Waals surface area contributed by atoms with Crippen LogP contribution in [0.2, 0.25) is 0 Å². The molecule has 0 aromatic heterocycles. The summed E-state index contributed by atoms with van der Waals surface area (Å²) in [7, 11) is -0.807. The number of hydrogen-bond acceptors (Lipinski definition) is 2. The first-order chi connectivity index (χ1) is 4.80. The van der Waals surface area contributed by atoms with Gasteiger partial charge in [0.15, 0.2) is 0 Å². The number of rotatable bonds is 3. The molecule has 11 heavy (non-hydrogen) atoms. The van der Waals surface area contributed by atoms with Gasteiger partial charge in [0.1, 0.15) is 9.92 Å². The van der Waals surface area contributed by atoms with Gasteiger partial charge in [-0.2, -0.15) is 0 Å². The average molecular weight is 178 g/mol. The van der Waals surface area contributed by atoms with Crippen LogP contribution in [0.4, 0.5) is 0 Å². The number of nitrogens with one attached hydrogen (secondary N) is 1. The summed E-state index contributed by atoms with van der Waals surface area (Å²) in [5.74, 6) is 0. The van der Waals surface area contributed by atoms with Crippen LogP contribution in [0.1, 0.15) is 27.7 Å². The van der Waals surface area contributed by atoms with Crippen LogP contribution in [0.3, 0.4) is 0 Å². The molecule has 0 saturated carbocycles. The van der Waals surface area contributed by atoms with Gasteiger partial charge >= 0.3 is 0 Å². The van der Waals surface area contributed by atoms with Crippen LogP contribution in [0, 0.1) is 4.78 Å². The van der Waals surface area contributed by atoms with E-state index in [2.05, 4.69) is 0 Å². The van der Waals surface area contributed by atoms with Crippen LogP contribution in [-0.2, 0) is 9.92 Å². The lowest BCUT2D eigenvalue weighted by Crippen LogP contribution is -2.36. The Bertz CT molecular complexity index is 206. The predicted molar refractivity (Wildman–Crippen MR) is 48.9 cm³/mol. The Hall–Kier alpha value is -0.0900. The van der Waals surface area contributed by atoms with Gasteiger partial charge in [-0.3, -0.25) is 0 Å². The molecular formula is C7H18N2OS. The first kappa shape index (κ1) is 10.9. The largest absolute Gasteiger partial charge is 0.240 e. The average Bonchev–Trinajstić information content (AvgIpc) is 1.85. The molecule has 1 atom stereocenters. The van der Waals surface area contributed by atoms with Crippen LogP contribution in [0.5, 0.6) is 0 Å². The summed E-state index contributed by atoms with van der Waals surface area (Å²) in [6, 6.07) is 0.169. The van der Waals surface area contributed by atoms with Gasteiger partial charge in [0.05, 0.1) is 5.25 Å². The first-order valence-corrected chi connectivity index (χ1v) is 5.38. The smallest absolute Gasteiger partial charge is 0.110 e. The van der Waals surface area contributed by atoms with Gasteiger partial charge in [0.2, 0.25) is 0 Å². The van der Waals surface area contributed by atoms with E-state index < -0.39 is 9.92 Å². The number of hydrogen-bond donors (Lipinski definition) is 1. The van der Waals surface area contributed by atoms with Crippen LogP contribution >= 0.6 is 0 Å². The lowest BCUT2D eigenvalue weighted by atomic mass is 10.4. The van der Waals surface area contributed by atoms with Crippen molar-refractivity contribution in [1.82, 2.24) is 4.31 Å². The molecule has 0 amide bonds. The van der Waals surface area contributed by atoms with E-state index >= 15 is 0 Å². The maximum absolute atomic E-state index is 11.6. The third kappa shape index (κ3) is 2.45. The normalized spacial score (nSPS) is 17.8. The molecule has 4 heteroatoms. The second kappa shape index (κ2) is 3.54. The van der Waals surface area contributed by atoms with Crippen molar-refractivity contribution < 1.29 is 4.21 Å². The highest BCUT2D eigenvalue weighted by molar-refractivity contribution is 7.90. The number of nitrogens with zero attached hydrogens (tertiary/aromatic N) is 1. The van der Waals surface area contributed by atoms with E-state index in [0.717, 1.165) is 0 Å². The summed E-state index contributed by atoms with van der Waals surface area (Å²) in [6.07, 6.45) is 0. The fourth-order valence-electron chi connectivity index (χ4n) is 0.646. The Balaban J connectivity index is 4.58. The molecule has 1 N–H and O–H groups in total. The minimum Gasteiger partial charge on any atom is -0.240 e. The van der Waals surface area contributed by atoms with E-state index in [0.29, 0.717) is 0 Å². The summed E-state index contributed by atoms with van der Waals surface area (Å²) in [6.45, 7) is 7.51. The van der Waals surface area contributed by atoms with Gasteiger partial charge in [-0.05, 0) is 27.7 Å². The molecule has 0 rings (SSSR count). The molecule has 0 aliphatic heterocycles. The predicted octanol–water partition coefficient (Wildman–Crippen LogP) is 1.70. The molecule has 0 aromatic rings. The van der Waals surface area contributed by atoms with Crippen LogP contribution in [-0.4, -0.2) is 26.9 Å². The van der Waals surface area contributed by atoms with Gasteiger partial charge in [0, 0.05) is 13.1 Å². The Morgan fingerprint density at radius 1 is 1.27 bits per heavy atom. The van der Waals surface area contributed by atoms with E-state index in [1.54, 1.807) is 11.4 Å². The van der Waals surface area contributed by atoms with Gasteiger partial charge in [-0.25, -0.2) is 13.3 Å². The standard InChI is InChI=1S/C7H18N2OS/c1-6(2)9(5)11(8,10)7(3)4/h6-8H,1-5H3. The van der Waals surface area contributed by atoms with Crippen LogP contribution in [0.25, 0.3) is 0 Å². The van der Waals surface area contributed by atoms with Crippen molar-refractivity contribution in [3.8, 4) is 0 Å². The van der Waals surface area contributed by atoms with Gasteiger partial charge in [0.25, 0.3) is 0 Å². The Kier molecular flexibility index (Phi) is 3.51. The summed E-state index contributed by atoms with van der Waals surface area (Å²) >= 11 is 0. The second-order valence-corrected chi connectivity index (χ2v) is 5.91. The molecule has 0 saturated heterocycles. The van der Waals surface area contributed by atoms with E-state index in [9.17, 15) is 4.21 Å². The molecule has 68 valence electrons. The zero-order chi connectivity index (χ0) is 9.23. The third-order valence-corrected chi connectivity index (χ3v) is 4.35. The van der Waals surface area contributed by atoms with Crippen molar-refractivity contribution in [1.29, 1.82) is 4.78 Å². The lowest BCUT2D eigenvalue weighted by molar-refractivity contribution is 0.432. The Labute approximate surface area is 69.9 Å². The molecule has 0 bridgehead atoms. The maximum Gasteiger partial charge on any atom is 0.110 e. The van der Waals surface area contributed by atoms with E-state index in [-0.39, 0.29) is 11.3 Å². The van der Waals surface area contributed by atoms with Crippen molar-refractivity contribution in [3.63, 3.8) is 0 Å². The molecule has 0 aromatic carbocycles. The summed E-state index contributed by atoms with van der Waals surface area (Å²) < 4.78 is 20.8. The molecular weight excluding hydrogens is 160 g/mol. The Morgan fingerprint density at radius 3 is 1.73 bits per heavy atom. The van der Waals surface area contributed by atoms with Crippen molar-refractivity contribution in [3.05, 3.63) is 0 Å². The molecule has 0 heterocycles. The Morgan fingerprint density at radius 2 is 1.64 bits per heavy atom. The minimum absolute atomic E-state index is 0.102. The van der Waals surface area contributed by atoms with Crippen molar-refractivity contribution >= 4 is 9.92 Å². The molecule has 3 nitrogen and oxygen atoms in total. The highest BCUT2D eigenvalue weighted by Gasteiger charge is 2.19. The molecule has 1 unspecified atom stereocenters. The van der Waals surface area contributed by atoms with E-state index in [1.807, 2.05) is 27.7 Å². The fraction of sp³-hybridized carbons (Fsp3) is 1.00. The SMILES string of the molecule is CC(C)N(C)S(=N)(=O)C(C)C. The highest BCUT2D eigenvalue weighted by atomic mass is 32.2. The van der Waals surface area contributed by atoms with Crippen molar-refractivity contribution in [2.75, 3.05) is 7.05 Å². The summed E-state index contributed by atoms with van der Waals surface area (Å²) in [5.41, 5.74) is 0. The summed E-state index contributed by atoms with van der Waals surface area (Å²) in [4.78, 5) is 0. The zero-order valence-electron chi connectivity index (χ0n) is 7.92. The van der Waals surface area contributed by atoms with Gasteiger partial charge in [-0.1, -0.05) is 0 Å². The van der Waals surface area contributed by atoms with Crippen LogP contribution in [0.15, 0.2) is 0 Å². The fourth-order valence-corrected chi connectivity index (χ4v) is 1.94. The molecule has 0 spiro atoms. The molecule has 0 fully saturated rings. The monoisotopic (exact) mass is 178 g/mol. The quantitative estimate of drug-likeness (QED) is 0.702. The van der Waals surface area contributed by atoms with Crippen molar-refractivity contribution in [2.24, 2.45) is 0 Å². The van der Waals surface area contributed by atoms with E-state index in [1.165, 1.54) is 0 Å². The molecule has 0 aliphatic rings. The first-order valence-electron chi connectivity index (χ1n) is 3.80. The highest BCUT2D eigenvalue weighted by Crippen LogP contribution is 2.10. The van der Waals surface area contributed by atoms with Crippen molar-refractivity contribution in [2.45, 2.75) is 39.0 Å². The van der Waals surface area contributed by atoms with E-state index in [4.69, 9.17) is 4.78 Å².